The largest absolute Gasteiger partial charge is 0.285 e. The summed E-state index contributed by atoms with van der Waals surface area (Å²) in [5, 5.41) is 0.338. The summed E-state index contributed by atoms with van der Waals surface area (Å²) in [4.78, 5) is 0. The third-order valence-corrected chi connectivity index (χ3v) is 5.52. The lowest BCUT2D eigenvalue weighted by Gasteiger charge is -2.36. The van der Waals surface area contributed by atoms with E-state index in [-0.39, 0.29) is 5.41 Å². The highest BCUT2D eigenvalue weighted by Crippen LogP contribution is 2.32. The van der Waals surface area contributed by atoms with Crippen molar-refractivity contribution in [2.45, 2.75) is 45.8 Å². The lowest BCUT2D eigenvalue weighted by Crippen LogP contribution is -2.37. The molecule has 0 spiro atoms. The highest BCUT2D eigenvalue weighted by molar-refractivity contribution is 8.02. The Morgan fingerprint density at radius 3 is 2.00 bits per heavy atom. The Labute approximate surface area is 78.4 Å². The quantitative estimate of drug-likeness (QED) is 0.677. The van der Waals surface area contributed by atoms with Gasteiger partial charge in [-0.05, 0) is 24.3 Å². The lowest BCUT2D eigenvalue weighted by molar-refractivity contribution is 0.323. The molecule has 1 atom stereocenters. The standard InChI is InChI=1S/C10H24OS/c1-7-8-10(3,4)9(2)12(5,6)11/h9,12H,7-8H2,1-6H3. The molecule has 0 amide bonds. The van der Waals surface area contributed by atoms with Gasteiger partial charge < -0.3 is 0 Å². The number of rotatable bonds is 4. The van der Waals surface area contributed by atoms with Gasteiger partial charge in [-0.3, -0.25) is 4.21 Å². The van der Waals surface area contributed by atoms with E-state index in [0.29, 0.717) is 5.25 Å². The van der Waals surface area contributed by atoms with Crippen LogP contribution in [0.25, 0.3) is 0 Å². The minimum absolute atomic E-state index is 0.230. The number of hydrogen-bond donors (Lipinski definition) is 1. The number of hydrogen-bond acceptors (Lipinski definition) is 1. The van der Waals surface area contributed by atoms with Crippen molar-refractivity contribution in [2.24, 2.45) is 5.41 Å². The summed E-state index contributed by atoms with van der Waals surface area (Å²) in [5.74, 6) is 0. The van der Waals surface area contributed by atoms with E-state index in [1.807, 2.05) is 12.5 Å². The maximum Gasteiger partial charge on any atom is 0.0144 e. The summed E-state index contributed by atoms with van der Waals surface area (Å²) in [5.41, 5.74) is 0.230. The van der Waals surface area contributed by atoms with E-state index < -0.39 is 9.93 Å². The van der Waals surface area contributed by atoms with Crippen molar-refractivity contribution in [1.82, 2.24) is 0 Å². The topological polar surface area (TPSA) is 17.1 Å². The predicted octanol–water partition coefficient (Wildman–Crippen LogP) is 2.48. The Morgan fingerprint density at radius 1 is 1.33 bits per heavy atom. The minimum Gasteiger partial charge on any atom is -0.285 e. The average Bonchev–Trinajstić information content (AvgIpc) is 1.84. The van der Waals surface area contributed by atoms with Gasteiger partial charge in [0.1, 0.15) is 0 Å². The summed E-state index contributed by atoms with van der Waals surface area (Å²) >= 11 is 0. The molecule has 0 fully saturated rings. The normalized spacial score (nSPS) is 17.5. The molecule has 0 saturated carbocycles. The molecule has 1 nitrogen and oxygen atoms in total. The second kappa shape index (κ2) is 3.91. The molecule has 0 aliphatic heterocycles. The van der Waals surface area contributed by atoms with Crippen LogP contribution in [0.1, 0.15) is 40.5 Å². The van der Waals surface area contributed by atoms with Crippen LogP contribution in [0.4, 0.5) is 0 Å². The van der Waals surface area contributed by atoms with Gasteiger partial charge >= 0.3 is 0 Å². The second-order valence-electron chi connectivity index (χ2n) is 4.85. The van der Waals surface area contributed by atoms with Gasteiger partial charge in [0.2, 0.25) is 0 Å². The first-order chi connectivity index (χ1) is 5.22. The molecule has 0 bridgehead atoms. The maximum absolute atomic E-state index is 11.8. The zero-order valence-electron chi connectivity index (χ0n) is 9.35. The molecule has 0 aromatic rings. The van der Waals surface area contributed by atoms with Crippen molar-refractivity contribution in [3.8, 4) is 0 Å². The van der Waals surface area contributed by atoms with Gasteiger partial charge in [-0.2, -0.15) is 0 Å². The molecule has 12 heavy (non-hydrogen) atoms. The Balaban J connectivity index is 4.45. The predicted molar refractivity (Wildman–Crippen MR) is 59.5 cm³/mol. The second-order valence-corrected chi connectivity index (χ2v) is 8.49. The van der Waals surface area contributed by atoms with Crippen LogP contribution < -0.4 is 0 Å². The van der Waals surface area contributed by atoms with E-state index in [9.17, 15) is 4.21 Å². The van der Waals surface area contributed by atoms with Crippen LogP contribution in [0.5, 0.6) is 0 Å². The fraction of sp³-hybridized carbons (Fsp3) is 1.00. The van der Waals surface area contributed by atoms with Crippen LogP contribution in [0.3, 0.4) is 0 Å². The third-order valence-electron chi connectivity index (χ3n) is 2.96. The Hall–Kier alpha value is 0.150. The van der Waals surface area contributed by atoms with Gasteiger partial charge in [-0.1, -0.05) is 34.1 Å². The third kappa shape index (κ3) is 3.26. The zero-order chi connectivity index (χ0) is 9.99. The molecule has 0 radical (unpaired) electrons. The molecule has 0 aromatic heterocycles. The first-order valence-corrected chi connectivity index (χ1v) is 7.43. The smallest absolute Gasteiger partial charge is 0.0144 e. The van der Waals surface area contributed by atoms with E-state index in [1.54, 1.807) is 0 Å². The summed E-state index contributed by atoms with van der Waals surface area (Å²) in [6.07, 6.45) is 6.14. The van der Waals surface area contributed by atoms with Crippen molar-refractivity contribution in [3.05, 3.63) is 0 Å². The Morgan fingerprint density at radius 2 is 1.75 bits per heavy atom. The fourth-order valence-electron chi connectivity index (χ4n) is 1.69. The molecule has 0 N–H and O–H groups in total. The van der Waals surface area contributed by atoms with Crippen LogP contribution in [-0.2, 0) is 9.93 Å². The molecule has 0 rings (SSSR count). The average molecular weight is 192 g/mol. The molecule has 0 aliphatic carbocycles. The van der Waals surface area contributed by atoms with Crippen LogP contribution >= 0.6 is 0 Å². The molecule has 0 saturated heterocycles. The van der Waals surface area contributed by atoms with Crippen molar-refractivity contribution in [3.63, 3.8) is 0 Å². The maximum atomic E-state index is 11.8. The molecule has 2 heteroatoms. The SMILES string of the molecule is CCCC(C)(C)C(C)[SH](C)(C)=O. The van der Waals surface area contributed by atoms with Crippen LogP contribution in [0.15, 0.2) is 0 Å². The molecular weight excluding hydrogens is 168 g/mol. The van der Waals surface area contributed by atoms with E-state index in [0.717, 1.165) is 0 Å². The molecule has 1 unspecified atom stereocenters. The molecule has 0 heterocycles. The highest BCUT2D eigenvalue weighted by Gasteiger charge is 2.30. The van der Waals surface area contributed by atoms with Crippen LogP contribution in [0.2, 0.25) is 0 Å². The van der Waals surface area contributed by atoms with Crippen molar-refractivity contribution < 1.29 is 4.21 Å². The van der Waals surface area contributed by atoms with Crippen LogP contribution in [-0.4, -0.2) is 22.0 Å². The van der Waals surface area contributed by atoms with Gasteiger partial charge in [0.15, 0.2) is 0 Å². The van der Waals surface area contributed by atoms with E-state index >= 15 is 0 Å². The monoisotopic (exact) mass is 192 g/mol. The van der Waals surface area contributed by atoms with Crippen molar-refractivity contribution in [1.29, 1.82) is 0 Å². The molecule has 76 valence electrons. The Bertz CT molecular complexity index is 178. The van der Waals surface area contributed by atoms with Gasteiger partial charge in [-0.15, -0.1) is 9.93 Å². The Kier molecular flexibility index (Phi) is 3.95. The molecular formula is C10H24OS. The van der Waals surface area contributed by atoms with Gasteiger partial charge in [-0.25, -0.2) is 0 Å². The number of thiol groups is 1. The summed E-state index contributed by atoms with van der Waals surface area (Å²) in [6.45, 7) is 8.75. The summed E-state index contributed by atoms with van der Waals surface area (Å²) in [7, 11) is -1.91. The van der Waals surface area contributed by atoms with E-state index in [2.05, 4.69) is 27.7 Å². The van der Waals surface area contributed by atoms with Gasteiger partial charge in [0.05, 0.1) is 0 Å². The van der Waals surface area contributed by atoms with Gasteiger partial charge in [0.25, 0.3) is 0 Å². The molecule has 0 aromatic carbocycles. The first kappa shape index (κ1) is 12.2. The highest BCUT2D eigenvalue weighted by atomic mass is 32.2. The fourth-order valence-corrected chi connectivity index (χ4v) is 3.51. The van der Waals surface area contributed by atoms with Crippen LogP contribution in [0, 0.1) is 5.41 Å². The zero-order valence-corrected chi connectivity index (χ0v) is 10.2. The minimum atomic E-state index is -1.91. The van der Waals surface area contributed by atoms with Crippen molar-refractivity contribution in [2.75, 3.05) is 12.5 Å². The molecule has 0 aliphatic rings. The van der Waals surface area contributed by atoms with Gasteiger partial charge in [0, 0.05) is 5.25 Å². The van der Waals surface area contributed by atoms with E-state index in [1.165, 1.54) is 12.8 Å². The van der Waals surface area contributed by atoms with Crippen molar-refractivity contribution >= 4 is 9.93 Å². The first-order valence-electron chi connectivity index (χ1n) is 4.76. The lowest BCUT2D eigenvalue weighted by atomic mass is 9.85. The summed E-state index contributed by atoms with van der Waals surface area (Å²) in [6, 6.07) is 0. The summed E-state index contributed by atoms with van der Waals surface area (Å²) < 4.78 is 11.8. The van der Waals surface area contributed by atoms with E-state index in [4.69, 9.17) is 0 Å².